The van der Waals surface area contributed by atoms with Crippen molar-refractivity contribution in [3.05, 3.63) is 51.5 Å². The number of fused-ring (bicyclic) bond motifs is 1. The molecule has 2 amide bonds. The lowest BCUT2D eigenvalue weighted by Crippen LogP contribution is -2.19. The number of aromatic nitrogens is 1. The van der Waals surface area contributed by atoms with Crippen LogP contribution >= 0.6 is 34.5 Å². The summed E-state index contributed by atoms with van der Waals surface area (Å²) in [4.78, 5) is 16.0. The van der Waals surface area contributed by atoms with E-state index in [2.05, 4.69) is 15.6 Å². The van der Waals surface area contributed by atoms with Gasteiger partial charge in [-0.25, -0.2) is 18.6 Å². The lowest BCUT2D eigenvalue weighted by atomic mass is 10.2. The van der Waals surface area contributed by atoms with E-state index >= 15 is 0 Å². The molecule has 0 unspecified atom stereocenters. The maximum Gasteiger partial charge on any atom is 0.325 e. The third-order valence-electron chi connectivity index (χ3n) is 3.04. The molecule has 5 nitrogen and oxygen atoms in total. The number of amides is 2. The van der Waals surface area contributed by atoms with E-state index in [-0.39, 0.29) is 36.6 Å². The van der Waals surface area contributed by atoms with Gasteiger partial charge in [-0.3, -0.25) is 5.32 Å². The van der Waals surface area contributed by atoms with E-state index in [0.29, 0.717) is 6.07 Å². The van der Waals surface area contributed by atoms with Crippen LogP contribution in [-0.4, -0.2) is 11.0 Å². The lowest BCUT2D eigenvalue weighted by Gasteiger charge is -2.09. The Bertz CT molecular complexity index is 1020. The quantitative estimate of drug-likeness (QED) is 0.606. The molecule has 0 fully saturated rings. The third kappa shape index (κ3) is 3.64. The number of rotatable bonds is 2. The van der Waals surface area contributed by atoms with Crippen molar-refractivity contribution in [3.63, 3.8) is 0 Å². The lowest BCUT2D eigenvalue weighted by molar-refractivity contribution is 0.262. The molecule has 0 radical (unpaired) electrons. The van der Waals surface area contributed by atoms with Crippen molar-refractivity contribution in [2.75, 3.05) is 10.6 Å². The van der Waals surface area contributed by atoms with Crippen LogP contribution in [0, 0.1) is 23.0 Å². The van der Waals surface area contributed by atoms with Gasteiger partial charge in [-0.05, 0) is 18.2 Å². The van der Waals surface area contributed by atoms with Crippen molar-refractivity contribution < 1.29 is 13.6 Å². The minimum Gasteiger partial charge on any atom is -0.305 e. The van der Waals surface area contributed by atoms with Gasteiger partial charge in [0.15, 0.2) is 10.9 Å². The van der Waals surface area contributed by atoms with Crippen LogP contribution in [-0.2, 0) is 0 Å². The normalized spacial score (nSPS) is 10.5. The van der Waals surface area contributed by atoms with Crippen LogP contribution in [0.3, 0.4) is 0 Å². The molecule has 0 saturated carbocycles. The number of carbonyl (C=O) groups is 1. The molecule has 3 rings (SSSR count). The Morgan fingerprint density at radius 1 is 1.16 bits per heavy atom. The van der Waals surface area contributed by atoms with Crippen molar-refractivity contribution in [1.29, 1.82) is 5.26 Å². The van der Waals surface area contributed by atoms with Gasteiger partial charge in [-0.1, -0.05) is 34.5 Å². The largest absolute Gasteiger partial charge is 0.325 e. The van der Waals surface area contributed by atoms with E-state index in [4.69, 9.17) is 28.5 Å². The van der Waals surface area contributed by atoms with Gasteiger partial charge >= 0.3 is 6.03 Å². The predicted molar refractivity (Wildman–Crippen MR) is 93.4 cm³/mol. The molecule has 0 bridgehead atoms. The highest BCUT2D eigenvalue weighted by Crippen LogP contribution is 2.32. The zero-order chi connectivity index (χ0) is 18.1. The van der Waals surface area contributed by atoms with E-state index < -0.39 is 17.7 Å². The first-order valence-corrected chi connectivity index (χ1v) is 8.17. The van der Waals surface area contributed by atoms with Crippen molar-refractivity contribution >= 4 is 61.6 Å². The zero-order valence-electron chi connectivity index (χ0n) is 12.0. The maximum absolute atomic E-state index is 13.6. The molecule has 10 heteroatoms. The summed E-state index contributed by atoms with van der Waals surface area (Å²) in [5, 5.41) is 13.9. The number of nitrogens with one attached hydrogen (secondary N) is 2. The summed E-state index contributed by atoms with van der Waals surface area (Å²) in [5.74, 6) is -1.56. The van der Waals surface area contributed by atoms with Crippen LogP contribution in [0.2, 0.25) is 10.0 Å². The van der Waals surface area contributed by atoms with E-state index in [0.717, 1.165) is 17.4 Å². The molecule has 1 heterocycles. The summed E-state index contributed by atoms with van der Waals surface area (Å²) in [7, 11) is 0. The molecule has 0 saturated heterocycles. The third-order valence-corrected chi connectivity index (χ3v) is 4.56. The van der Waals surface area contributed by atoms with Crippen LogP contribution in [0.4, 0.5) is 24.4 Å². The van der Waals surface area contributed by atoms with E-state index in [1.54, 1.807) is 0 Å². The molecule has 2 aromatic carbocycles. The van der Waals surface area contributed by atoms with Crippen LogP contribution in [0.5, 0.6) is 0 Å². The highest BCUT2D eigenvalue weighted by Gasteiger charge is 2.15. The first-order chi connectivity index (χ1) is 11.9. The smallest absolute Gasteiger partial charge is 0.305 e. The van der Waals surface area contributed by atoms with Crippen LogP contribution in [0.15, 0.2) is 24.3 Å². The second-order valence-electron chi connectivity index (χ2n) is 4.76. The Hall–Kier alpha value is -2.47. The second kappa shape index (κ2) is 6.80. The van der Waals surface area contributed by atoms with Gasteiger partial charge in [0.1, 0.15) is 11.3 Å². The van der Waals surface area contributed by atoms with Gasteiger partial charge in [-0.2, -0.15) is 5.26 Å². The Morgan fingerprint density at radius 3 is 2.48 bits per heavy atom. The van der Waals surface area contributed by atoms with Crippen LogP contribution in [0.1, 0.15) is 5.56 Å². The number of thiazole rings is 1. The van der Waals surface area contributed by atoms with Gasteiger partial charge in [0.2, 0.25) is 0 Å². The molecule has 0 aliphatic carbocycles. The average Bonchev–Trinajstić information content (AvgIpc) is 2.93. The van der Waals surface area contributed by atoms with Gasteiger partial charge in [0.25, 0.3) is 0 Å². The Balaban J connectivity index is 1.82. The molecular weight excluding hydrogens is 393 g/mol. The molecule has 0 spiro atoms. The van der Waals surface area contributed by atoms with Crippen molar-refractivity contribution in [2.24, 2.45) is 0 Å². The van der Waals surface area contributed by atoms with Crippen LogP contribution < -0.4 is 10.6 Å². The fraction of sp³-hybridized carbons (Fsp3) is 0. The molecule has 3 aromatic rings. The molecule has 2 N–H and O–H groups in total. The number of nitrogens with zero attached hydrogens (tertiary/aromatic N) is 2. The number of nitriles is 1. The molecule has 0 aliphatic heterocycles. The summed E-state index contributed by atoms with van der Waals surface area (Å²) in [6, 6.07) is 5.68. The van der Waals surface area contributed by atoms with Gasteiger partial charge in [0, 0.05) is 6.07 Å². The van der Waals surface area contributed by atoms with E-state index in [1.165, 1.54) is 12.1 Å². The second-order valence-corrected chi connectivity index (χ2v) is 6.60. The first kappa shape index (κ1) is 17.4. The molecular formula is C15H6Cl2F2N4OS. The molecule has 126 valence electrons. The number of hydrogen-bond donors (Lipinski definition) is 2. The summed E-state index contributed by atoms with van der Waals surface area (Å²) in [6.07, 6.45) is 0. The van der Waals surface area contributed by atoms with Gasteiger partial charge in [0.05, 0.1) is 32.1 Å². The summed E-state index contributed by atoms with van der Waals surface area (Å²) in [6.45, 7) is 0. The summed E-state index contributed by atoms with van der Waals surface area (Å²) >= 11 is 12.9. The number of halogens is 4. The fourth-order valence-corrected chi connectivity index (χ4v) is 3.49. The molecule has 0 aliphatic rings. The average molecular weight is 399 g/mol. The Morgan fingerprint density at radius 2 is 1.84 bits per heavy atom. The molecule has 25 heavy (non-hydrogen) atoms. The topological polar surface area (TPSA) is 77.8 Å². The number of urea groups is 1. The molecule has 0 atom stereocenters. The maximum atomic E-state index is 13.6. The zero-order valence-corrected chi connectivity index (χ0v) is 14.4. The minimum absolute atomic E-state index is 0.0452. The number of anilines is 2. The minimum atomic E-state index is -0.821. The fourth-order valence-electron chi connectivity index (χ4n) is 2.01. The number of benzene rings is 2. The SMILES string of the molecule is N#Cc1cc(Cl)c(NC(=O)Nc2nc3c(F)cc(F)cc3s2)c(Cl)c1. The first-order valence-electron chi connectivity index (χ1n) is 6.60. The van der Waals surface area contributed by atoms with E-state index in [9.17, 15) is 13.6 Å². The Labute approximate surface area is 153 Å². The van der Waals surface area contributed by atoms with Gasteiger partial charge < -0.3 is 5.32 Å². The van der Waals surface area contributed by atoms with Crippen molar-refractivity contribution in [2.45, 2.75) is 0 Å². The van der Waals surface area contributed by atoms with Crippen molar-refractivity contribution in [3.8, 4) is 6.07 Å². The van der Waals surface area contributed by atoms with Crippen molar-refractivity contribution in [1.82, 2.24) is 4.98 Å². The molecule has 1 aromatic heterocycles. The highest BCUT2D eigenvalue weighted by molar-refractivity contribution is 7.22. The monoisotopic (exact) mass is 398 g/mol. The number of hydrogen-bond acceptors (Lipinski definition) is 4. The summed E-state index contributed by atoms with van der Waals surface area (Å²) < 4.78 is 27.1. The standard InChI is InChI=1S/C15H6Cl2F2N4OS/c16-8-1-6(5-20)2-9(17)12(8)21-14(24)23-15-22-13-10(19)3-7(18)4-11(13)25-15/h1-4H,(H2,21,22,23,24). The summed E-state index contributed by atoms with van der Waals surface area (Å²) in [5.41, 5.74) is 0.305. The van der Waals surface area contributed by atoms with Crippen LogP contribution in [0.25, 0.3) is 10.2 Å². The van der Waals surface area contributed by atoms with E-state index in [1.807, 2.05) is 6.07 Å². The number of carbonyl (C=O) groups excluding carboxylic acids is 1. The van der Waals surface area contributed by atoms with Gasteiger partial charge in [-0.15, -0.1) is 0 Å². The highest BCUT2D eigenvalue weighted by atomic mass is 35.5. The predicted octanol–water partition coefficient (Wildman–Crippen LogP) is 5.40. The Kier molecular flexibility index (Phi) is 4.72.